The lowest BCUT2D eigenvalue weighted by Gasteiger charge is -2.37. The fourth-order valence-electron chi connectivity index (χ4n) is 5.28. The molecule has 1 aromatic heterocycles. The average Bonchev–Trinajstić information content (AvgIpc) is 3.11. The minimum atomic E-state index is -3.26. The van der Waals surface area contributed by atoms with E-state index in [4.69, 9.17) is 4.52 Å². The third kappa shape index (κ3) is 1.92. The molecule has 2 aliphatic carbocycles. The Hall–Kier alpha value is -0.950. The lowest BCUT2D eigenvalue weighted by Crippen LogP contribution is -2.41. The molecule has 3 atom stereocenters. The van der Waals surface area contributed by atoms with Gasteiger partial charge in [0.15, 0.2) is 5.82 Å². The number of sulfonamides is 1. The fourth-order valence-corrected chi connectivity index (χ4v) is 7.79. The normalized spacial score (nSPS) is 37.6. The molecule has 0 aromatic carbocycles. The quantitative estimate of drug-likeness (QED) is 0.846. The van der Waals surface area contributed by atoms with Crippen LogP contribution in [0.4, 0.5) is 0 Å². The lowest BCUT2D eigenvalue weighted by molar-refractivity contribution is 0.108. The molecule has 7 heteroatoms. The summed E-state index contributed by atoms with van der Waals surface area (Å²) >= 11 is 0. The average molecular weight is 339 g/mol. The van der Waals surface area contributed by atoms with Gasteiger partial charge in [-0.05, 0) is 30.6 Å². The van der Waals surface area contributed by atoms with E-state index in [1.54, 1.807) is 4.31 Å². The van der Waals surface area contributed by atoms with Gasteiger partial charge in [0.2, 0.25) is 15.9 Å². The van der Waals surface area contributed by atoms with Crippen molar-refractivity contribution in [3.63, 3.8) is 0 Å². The zero-order valence-electron chi connectivity index (χ0n) is 14.2. The van der Waals surface area contributed by atoms with Gasteiger partial charge in [0.05, 0.1) is 12.3 Å². The number of rotatable bonds is 3. The molecule has 0 amide bonds. The van der Waals surface area contributed by atoms with Crippen molar-refractivity contribution in [2.45, 2.75) is 65.5 Å². The van der Waals surface area contributed by atoms with E-state index in [-0.39, 0.29) is 35.1 Å². The van der Waals surface area contributed by atoms with Gasteiger partial charge in [-0.1, -0.05) is 32.9 Å². The molecule has 128 valence electrons. The van der Waals surface area contributed by atoms with Crippen molar-refractivity contribution >= 4 is 10.0 Å². The first kappa shape index (κ1) is 15.6. The molecule has 23 heavy (non-hydrogen) atoms. The van der Waals surface area contributed by atoms with Crippen LogP contribution in [0.2, 0.25) is 0 Å². The van der Waals surface area contributed by atoms with Gasteiger partial charge in [0.25, 0.3) is 0 Å². The van der Waals surface area contributed by atoms with Crippen molar-refractivity contribution in [2.75, 3.05) is 5.75 Å². The second-order valence-corrected chi connectivity index (χ2v) is 10.3. The van der Waals surface area contributed by atoms with Gasteiger partial charge in [-0.2, -0.15) is 9.29 Å². The monoisotopic (exact) mass is 339 g/mol. The van der Waals surface area contributed by atoms with E-state index in [0.29, 0.717) is 17.6 Å². The highest BCUT2D eigenvalue weighted by atomic mass is 32.2. The summed E-state index contributed by atoms with van der Waals surface area (Å²) in [6, 6.07) is 0.0932. The van der Waals surface area contributed by atoms with Crippen LogP contribution in [0.1, 0.15) is 64.6 Å². The maximum absolute atomic E-state index is 12.8. The van der Waals surface area contributed by atoms with Crippen LogP contribution in [0.5, 0.6) is 0 Å². The number of hydrogen-bond acceptors (Lipinski definition) is 5. The molecule has 2 bridgehead atoms. The molecule has 1 spiro atoms. The van der Waals surface area contributed by atoms with E-state index >= 15 is 0 Å². The van der Waals surface area contributed by atoms with Gasteiger partial charge in [-0.3, -0.25) is 0 Å². The van der Waals surface area contributed by atoms with E-state index in [1.165, 1.54) is 0 Å². The molecule has 3 fully saturated rings. The largest absolute Gasteiger partial charge is 0.338 e. The van der Waals surface area contributed by atoms with Crippen molar-refractivity contribution < 1.29 is 12.9 Å². The Morgan fingerprint density at radius 2 is 2.13 bits per heavy atom. The lowest BCUT2D eigenvalue weighted by atomic mass is 9.69. The first-order valence-electron chi connectivity index (χ1n) is 8.49. The molecule has 0 N–H and O–H groups in total. The molecule has 1 aliphatic heterocycles. The van der Waals surface area contributed by atoms with Crippen molar-refractivity contribution in [3.05, 3.63) is 11.7 Å². The van der Waals surface area contributed by atoms with Crippen LogP contribution < -0.4 is 0 Å². The van der Waals surface area contributed by atoms with Crippen LogP contribution in [0.25, 0.3) is 0 Å². The number of nitrogens with zero attached hydrogens (tertiary/aromatic N) is 3. The molecule has 4 rings (SSSR count). The van der Waals surface area contributed by atoms with Crippen LogP contribution in [0, 0.1) is 16.7 Å². The highest BCUT2D eigenvalue weighted by Gasteiger charge is 2.71. The zero-order valence-corrected chi connectivity index (χ0v) is 15.1. The fraction of sp³-hybridized carbons (Fsp3) is 0.875. The number of aromatic nitrogens is 2. The molecule has 6 nitrogen and oxygen atoms in total. The summed E-state index contributed by atoms with van der Waals surface area (Å²) < 4.78 is 32.6. The van der Waals surface area contributed by atoms with Gasteiger partial charge >= 0.3 is 0 Å². The zero-order chi connectivity index (χ0) is 16.6. The summed E-state index contributed by atoms with van der Waals surface area (Å²) in [6.45, 7) is 8.72. The topological polar surface area (TPSA) is 76.3 Å². The third-order valence-electron chi connectivity index (χ3n) is 6.82. The van der Waals surface area contributed by atoms with Gasteiger partial charge < -0.3 is 4.52 Å². The van der Waals surface area contributed by atoms with Crippen molar-refractivity contribution in [2.24, 2.45) is 16.7 Å². The first-order chi connectivity index (χ1) is 10.7. The summed E-state index contributed by atoms with van der Waals surface area (Å²) in [5, 5.41) is 3.96. The Kier molecular flexibility index (Phi) is 3.09. The Morgan fingerprint density at radius 3 is 2.74 bits per heavy atom. The molecule has 0 radical (unpaired) electrons. The maximum Gasteiger partial charge on any atom is 0.241 e. The van der Waals surface area contributed by atoms with Crippen molar-refractivity contribution in [3.8, 4) is 0 Å². The van der Waals surface area contributed by atoms with Crippen LogP contribution in [0.3, 0.4) is 0 Å². The van der Waals surface area contributed by atoms with Crippen LogP contribution in [0.15, 0.2) is 4.52 Å². The predicted molar refractivity (Wildman–Crippen MR) is 85.1 cm³/mol. The number of hydrogen-bond donors (Lipinski definition) is 0. The maximum atomic E-state index is 12.8. The highest BCUT2D eigenvalue weighted by molar-refractivity contribution is 7.89. The summed E-state index contributed by atoms with van der Waals surface area (Å²) in [6.07, 6.45) is 3.15. The SMILES string of the molecule is CC(C)c1noc(CN2[C@H]3C[C@H]4CC[C@@]3(CS2(=O)=O)C4(C)C)n1. The van der Waals surface area contributed by atoms with E-state index in [9.17, 15) is 8.42 Å². The van der Waals surface area contributed by atoms with Gasteiger partial charge in [0, 0.05) is 17.4 Å². The predicted octanol–water partition coefficient (Wildman–Crippen LogP) is 2.53. The third-order valence-corrected chi connectivity index (χ3v) is 8.80. The minimum absolute atomic E-state index is 0.0932. The summed E-state index contributed by atoms with van der Waals surface area (Å²) in [5.41, 5.74) is -0.00514. The molecule has 1 saturated heterocycles. The Labute approximate surface area is 137 Å². The summed E-state index contributed by atoms with van der Waals surface area (Å²) in [5.74, 6) is 2.13. The van der Waals surface area contributed by atoms with E-state index in [2.05, 4.69) is 24.0 Å². The standard InChI is InChI=1S/C16H25N3O3S/c1-10(2)14-17-13(22-18-14)8-19-12-7-11-5-6-16(12,15(11,3)4)9-23(19,20)21/h10-12H,5-9H2,1-4H3/t11-,12+,16+/m1/s1. The van der Waals surface area contributed by atoms with E-state index in [1.807, 2.05) is 13.8 Å². The van der Waals surface area contributed by atoms with E-state index < -0.39 is 10.0 Å². The van der Waals surface area contributed by atoms with Gasteiger partial charge in [0.1, 0.15) is 0 Å². The smallest absolute Gasteiger partial charge is 0.241 e. The summed E-state index contributed by atoms with van der Waals surface area (Å²) in [7, 11) is -3.26. The second kappa shape index (κ2) is 4.57. The highest BCUT2D eigenvalue weighted by Crippen LogP contribution is 2.70. The molecular formula is C16H25N3O3S. The molecular weight excluding hydrogens is 314 g/mol. The number of fused-ring (bicyclic) bond motifs is 1. The molecule has 2 heterocycles. The molecule has 3 aliphatic rings. The minimum Gasteiger partial charge on any atom is -0.338 e. The van der Waals surface area contributed by atoms with E-state index in [0.717, 1.165) is 19.3 Å². The molecule has 1 aromatic rings. The van der Waals surface area contributed by atoms with Crippen LogP contribution in [-0.4, -0.2) is 34.7 Å². The van der Waals surface area contributed by atoms with Crippen LogP contribution >= 0.6 is 0 Å². The second-order valence-electron chi connectivity index (χ2n) is 8.37. The Morgan fingerprint density at radius 1 is 1.39 bits per heavy atom. The van der Waals surface area contributed by atoms with Gasteiger partial charge in [-0.25, -0.2) is 8.42 Å². The molecule has 2 saturated carbocycles. The van der Waals surface area contributed by atoms with Crippen molar-refractivity contribution in [1.29, 1.82) is 0 Å². The summed E-state index contributed by atoms with van der Waals surface area (Å²) in [4.78, 5) is 4.37. The van der Waals surface area contributed by atoms with Gasteiger partial charge in [-0.15, -0.1) is 0 Å². The first-order valence-corrected chi connectivity index (χ1v) is 10.1. The van der Waals surface area contributed by atoms with Crippen molar-refractivity contribution in [1.82, 2.24) is 14.4 Å². The Balaban J connectivity index is 1.67. The Bertz CT molecular complexity index is 740. The van der Waals surface area contributed by atoms with Crippen LogP contribution in [-0.2, 0) is 16.6 Å². The molecule has 0 unspecified atom stereocenters.